The van der Waals surface area contributed by atoms with E-state index in [1.165, 1.54) is 19.8 Å². The molecule has 7 aliphatic rings. The van der Waals surface area contributed by atoms with Crippen LogP contribution in [-0.2, 0) is 65.6 Å². The summed E-state index contributed by atoms with van der Waals surface area (Å²) in [5, 5.41) is 18.3. The number of carbonyl (C=O) groups is 7. The van der Waals surface area contributed by atoms with Crippen LogP contribution >= 0.6 is 12.4 Å². The highest BCUT2D eigenvalue weighted by molar-refractivity contribution is 6.02. The summed E-state index contributed by atoms with van der Waals surface area (Å²) in [7, 11) is 2.76. The zero-order valence-electron chi connectivity index (χ0n) is 43.9. The van der Waals surface area contributed by atoms with Crippen LogP contribution in [-0.4, -0.2) is 124 Å². The minimum atomic E-state index is -1.02. The van der Waals surface area contributed by atoms with Gasteiger partial charge < -0.3 is 45.1 Å². The Balaban J connectivity index is 0.000000222. The van der Waals surface area contributed by atoms with Crippen molar-refractivity contribution < 1.29 is 62.5 Å². The summed E-state index contributed by atoms with van der Waals surface area (Å²) < 4.78 is 14.9. The van der Waals surface area contributed by atoms with E-state index in [2.05, 4.69) is 32.8 Å². The number of halogens is 1. The van der Waals surface area contributed by atoms with E-state index < -0.39 is 51.1 Å². The number of carboxylic acid groups (broad SMARTS) is 1. The predicted octanol–water partition coefficient (Wildman–Crippen LogP) is 6.99. The number of nitrogens with one attached hydrogen (secondary N) is 3. The third-order valence-corrected chi connectivity index (χ3v) is 16.3. The molecule has 4 amide bonds. The number of nitrogens with zero attached hydrogens (tertiary/aromatic N) is 2. The molecule has 408 valence electrons. The van der Waals surface area contributed by atoms with E-state index in [0.717, 1.165) is 128 Å². The van der Waals surface area contributed by atoms with Gasteiger partial charge >= 0.3 is 30.2 Å². The number of carbonyl (C=O) groups excluding carboxylic acids is 8. The monoisotopic (exact) mass is 1050 g/mol. The molecule has 2 aromatic carbocycles. The van der Waals surface area contributed by atoms with Gasteiger partial charge in [0.15, 0.2) is 0 Å². The molecule has 74 heavy (non-hydrogen) atoms. The van der Waals surface area contributed by atoms with Gasteiger partial charge in [-0.15, -0.1) is 12.4 Å². The van der Waals surface area contributed by atoms with E-state index in [9.17, 15) is 38.7 Å². The second-order valence-electron chi connectivity index (χ2n) is 21.1. The van der Waals surface area contributed by atoms with Crippen LogP contribution in [0, 0.1) is 5.41 Å². The predicted molar refractivity (Wildman–Crippen MR) is 274 cm³/mol. The number of likely N-dealkylation sites (tertiary alicyclic amines) is 1. The number of aryl methyl sites for hydroxylation is 1. The van der Waals surface area contributed by atoms with Gasteiger partial charge in [0.25, 0.3) is 0 Å². The number of piperazine rings is 1. The Labute approximate surface area is 441 Å². The minimum Gasteiger partial charge on any atom is -0.481 e. The SMILES string of the molecule is COC(=O)[C@]1(C)CCCN1.COC(=O)[C@]1(C)CCCN1C(=O)C1(NC(=O)OCc2ccccc2)CCCC1.C[C@@]12CCCN1C(=O)C1(CCCC1)NC2=O.Cl.O=C(O)C1(CCc2ccccc2)CCCC1.O=C=O. The molecule has 0 aromatic heterocycles. The summed E-state index contributed by atoms with van der Waals surface area (Å²) in [5.74, 6) is -1.15. The lowest BCUT2D eigenvalue weighted by atomic mass is 9.80. The molecular formula is C55H78ClN5O13. The molecule has 0 unspecified atom stereocenters. The lowest BCUT2D eigenvalue weighted by molar-refractivity contribution is -0.192. The lowest BCUT2D eigenvalue weighted by Crippen LogP contribution is -2.72. The first-order valence-electron chi connectivity index (χ1n) is 26.0. The number of methoxy groups -OCH3 is 2. The van der Waals surface area contributed by atoms with Gasteiger partial charge in [-0.3, -0.25) is 24.0 Å². The number of benzene rings is 2. The van der Waals surface area contributed by atoms with E-state index in [0.29, 0.717) is 25.8 Å². The second-order valence-corrected chi connectivity index (χ2v) is 21.1. The fourth-order valence-electron chi connectivity index (χ4n) is 11.8. The van der Waals surface area contributed by atoms with Gasteiger partial charge in [-0.05, 0) is 128 Å². The van der Waals surface area contributed by atoms with Crippen molar-refractivity contribution in [1.82, 2.24) is 25.8 Å². The summed E-state index contributed by atoms with van der Waals surface area (Å²) >= 11 is 0. The Hall–Kier alpha value is -5.84. The standard InChI is InChI=1S/C21H28N2O5.C14H18O2.C12H18N2O2.C7H13NO2.CO2.ClH/c1-20(18(25)27-2)11-8-14-23(20)17(24)21(12-6-7-13-21)22-19(26)28-15-16-9-4-3-5-10-16;15-13(16)14(9-4-5-10-14)11-8-12-6-2-1-3-7-12;1-11-5-4-8-14(11)10(16)12(13-9(11)15)6-2-3-7-12;1-7(6(9)10-2)4-3-5-8-7;2-1-3;/h3-5,9-10H,6-8,11-15H2,1-2H3,(H,22,26);1-3,6-7H,4-5,8-11H2,(H,15,16);2-8H2,1H3,(H,13,15);8H,3-5H2,1-2H3;;1H/t20-;;11-;7-;;/m0.00../s1. The van der Waals surface area contributed by atoms with Crippen molar-refractivity contribution in [3.8, 4) is 0 Å². The lowest BCUT2D eigenvalue weighted by Gasteiger charge is -2.46. The maximum atomic E-state index is 13.5. The minimum absolute atomic E-state index is 0. The van der Waals surface area contributed by atoms with Crippen LogP contribution in [0.1, 0.15) is 154 Å². The first-order valence-corrected chi connectivity index (χ1v) is 26.0. The van der Waals surface area contributed by atoms with E-state index in [4.69, 9.17) is 19.1 Å². The Kier molecular flexibility index (Phi) is 22.2. The number of esters is 2. The average Bonchev–Trinajstić information content (AvgIpc) is 4.28. The number of fused-ring (bicyclic) bond motifs is 1. The molecule has 3 atom stereocenters. The van der Waals surface area contributed by atoms with Gasteiger partial charge in [-0.1, -0.05) is 99.2 Å². The molecule has 9 rings (SSSR count). The van der Waals surface area contributed by atoms with E-state index in [1.807, 2.05) is 67.3 Å². The fraction of sp³-hybridized carbons (Fsp3) is 0.636. The molecule has 4 aliphatic heterocycles. The first kappa shape index (κ1) is 60.7. The van der Waals surface area contributed by atoms with Crippen LogP contribution in [0.15, 0.2) is 60.7 Å². The number of alkyl carbamates (subject to hydrolysis) is 1. The first-order chi connectivity index (χ1) is 34.8. The molecule has 4 saturated heterocycles. The van der Waals surface area contributed by atoms with Crippen molar-refractivity contribution >= 4 is 60.3 Å². The van der Waals surface area contributed by atoms with Gasteiger partial charge in [-0.25, -0.2) is 9.59 Å². The molecule has 2 aromatic rings. The van der Waals surface area contributed by atoms with Crippen molar-refractivity contribution in [2.75, 3.05) is 33.9 Å². The molecule has 18 nitrogen and oxygen atoms in total. The van der Waals surface area contributed by atoms with Crippen molar-refractivity contribution in [2.45, 2.75) is 183 Å². The Morgan fingerprint density at radius 3 is 1.77 bits per heavy atom. The third-order valence-electron chi connectivity index (χ3n) is 16.3. The Morgan fingerprint density at radius 2 is 1.23 bits per heavy atom. The van der Waals surface area contributed by atoms with Crippen LogP contribution < -0.4 is 16.0 Å². The third kappa shape index (κ3) is 14.1. The van der Waals surface area contributed by atoms with Crippen LogP contribution in [0.5, 0.6) is 0 Å². The number of ether oxygens (including phenoxy) is 3. The van der Waals surface area contributed by atoms with Crippen LogP contribution in [0.4, 0.5) is 4.79 Å². The zero-order chi connectivity index (χ0) is 53.3. The summed E-state index contributed by atoms with van der Waals surface area (Å²) in [4.78, 5) is 105. The molecule has 7 fully saturated rings. The summed E-state index contributed by atoms with van der Waals surface area (Å²) in [5.41, 5.74) is -1.83. The number of rotatable bonds is 10. The maximum absolute atomic E-state index is 13.5. The number of aliphatic carboxylic acids is 1. The molecular weight excluding hydrogens is 974 g/mol. The van der Waals surface area contributed by atoms with E-state index in [-0.39, 0.29) is 48.9 Å². The number of hydrogen-bond donors (Lipinski definition) is 4. The highest BCUT2D eigenvalue weighted by Crippen LogP contribution is 2.43. The normalized spacial score (nSPS) is 25.2. The average molecular weight is 1050 g/mol. The summed E-state index contributed by atoms with van der Waals surface area (Å²) in [6, 6.07) is 19.5. The molecule has 1 spiro atoms. The van der Waals surface area contributed by atoms with Crippen LogP contribution in [0.3, 0.4) is 0 Å². The Bertz CT molecular complexity index is 2250. The van der Waals surface area contributed by atoms with E-state index in [1.54, 1.807) is 11.8 Å². The summed E-state index contributed by atoms with van der Waals surface area (Å²) in [6.45, 7) is 7.81. The van der Waals surface area contributed by atoms with Gasteiger partial charge in [0.1, 0.15) is 34.3 Å². The van der Waals surface area contributed by atoms with Gasteiger partial charge in [0.2, 0.25) is 17.7 Å². The number of hydrogen-bond acceptors (Lipinski definition) is 13. The smallest absolute Gasteiger partial charge is 0.408 e. The van der Waals surface area contributed by atoms with Crippen LogP contribution in [0.25, 0.3) is 0 Å². The molecule has 4 N–H and O–H groups in total. The van der Waals surface area contributed by atoms with Crippen molar-refractivity contribution in [2.24, 2.45) is 5.41 Å². The molecule has 0 radical (unpaired) electrons. The van der Waals surface area contributed by atoms with Crippen molar-refractivity contribution in [3.63, 3.8) is 0 Å². The topological polar surface area (TPSA) is 244 Å². The zero-order valence-corrected chi connectivity index (χ0v) is 44.7. The number of amides is 4. The molecule has 3 aliphatic carbocycles. The van der Waals surface area contributed by atoms with Gasteiger partial charge in [0.05, 0.1) is 19.6 Å². The quantitative estimate of drug-likeness (QED) is 0.138. The van der Waals surface area contributed by atoms with Crippen molar-refractivity contribution in [1.29, 1.82) is 0 Å². The largest absolute Gasteiger partial charge is 0.481 e. The molecule has 19 heteroatoms. The fourth-order valence-corrected chi connectivity index (χ4v) is 11.8. The highest BCUT2D eigenvalue weighted by Gasteiger charge is 2.59. The van der Waals surface area contributed by atoms with Crippen molar-refractivity contribution in [3.05, 3.63) is 71.8 Å². The Morgan fingerprint density at radius 1 is 0.689 bits per heavy atom. The molecule has 4 heterocycles. The van der Waals surface area contributed by atoms with Gasteiger partial charge in [-0.2, -0.15) is 9.59 Å². The number of carboxylic acids is 1. The molecule has 0 bridgehead atoms. The van der Waals surface area contributed by atoms with E-state index >= 15 is 0 Å². The van der Waals surface area contributed by atoms with Gasteiger partial charge in [0, 0.05) is 13.1 Å². The highest BCUT2D eigenvalue weighted by atomic mass is 35.5. The van der Waals surface area contributed by atoms with Crippen LogP contribution in [0.2, 0.25) is 0 Å². The molecule has 3 saturated carbocycles. The summed E-state index contributed by atoms with van der Waals surface area (Å²) in [6.07, 6.45) is 16.7. The second kappa shape index (κ2) is 27.1. The maximum Gasteiger partial charge on any atom is 0.408 e.